The van der Waals surface area contributed by atoms with E-state index in [0.29, 0.717) is 23.6 Å². The fourth-order valence-corrected chi connectivity index (χ4v) is 1.42. The summed E-state index contributed by atoms with van der Waals surface area (Å²) < 4.78 is 10.4. The topological polar surface area (TPSA) is 44.5 Å². The first kappa shape index (κ1) is 14.6. The van der Waals surface area contributed by atoms with Gasteiger partial charge in [-0.25, -0.2) is 0 Å². The maximum atomic E-state index is 5.49. The summed E-state index contributed by atoms with van der Waals surface area (Å²) in [5.41, 5.74) is 7.19. The van der Waals surface area contributed by atoms with Crippen LogP contribution in [0.25, 0.3) is 0 Å². The summed E-state index contributed by atoms with van der Waals surface area (Å²) in [6.07, 6.45) is 6.17. The van der Waals surface area contributed by atoms with Gasteiger partial charge in [0.15, 0.2) is 0 Å². The third-order valence-electron chi connectivity index (χ3n) is 2.14. The van der Waals surface area contributed by atoms with Gasteiger partial charge in [-0.1, -0.05) is 5.92 Å². The van der Waals surface area contributed by atoms with Crippen LogP contribution in [0.15, 0.2) is 12.1 Å². The summed E-state index contributed by atoms with van der Waals surface area (Å²) in [7, 11) is 3.17. The van der Waals surface area contributed by atoms with Crippen LogP contribution >= 0.6 is 12.4 Å². The summed E-state index contributed by atoms with van der Waals surface area (Å²) >= 11 is 0. The first-order valence-electron chi connectivity index (χ1n) is 4.68. The number of terminal acetylenes is 1. The van der Waals surface area contributed by atoms with Crippen molar-refractivity contribution in [3.05, 3.63) is 23.3 Å². The number of hydrogen-bond donors (Lipinski definition) is 1. The van der Waals surface area contributed by atoms with Crippen molar-refractivity contribution in [1.82, 2.24) is 0 Å². The molecule has 3 nitrogen and oxygen atoms in total. The average Bonchev–Trinajstić information content (AvgIpc) is 2.28. The highest BCUT2D eigenvalue weighted by Crippen LogP contribution is 2.29. The predicted octanol–water partition coefficient (Wildman–Crippen LogP) is 1.61. The number of nitrogens with two attached hydrogens (primary N) is 1. The van der Waals surface area contributed by atoms with E-state index in [-0.39, 0.29) is 12.4 Å². The zero-order valence-electron chi connectivity index (χ0n) is 9.45. The molecule has 0 amide bonds. The number of benzene rings is 1. The van der Waals surface area contributed by atoms with Crippen molar-refractivity contribution in [1.29, 1.82) is 0 Å². The quantitative estimate of drug-likeness (QED) is 0.815. The first-order valence-corrected chi connectivity index (χ1v) is 4.68. The minimum atomic E-state index is 0. The van der Waals surface area contributed by atoms with Crippen LogP contribution in [0.1, 0.15) is 11.1 Å². The molecule has 0 bridgehead atoms. The fraction of sp³-hybridized carbons (Fsp3) is 0.333. The lowest BCUT2D eigenvalue weighted by Gasteiger charge is -2.11. The molecule has 0 atom stereocenters. The molecule has 0 saturated carbocycles. The van der Waals surface area contributed by atoms with Crippen molar-refractivity contribution in [2.45, 2.75) is 6.42 Å². The molecule has 0 unspecified atom stereocenters. The van der Waals surface area contributed by atoms with Crippen molar-refractivity contribution in [2.75, 3.05) is 20.8 Å². The Hall–Kier alpha value is -1.37. The van der Waals surface area contributed by atoms with Crippen LogP contribution in [0.3, 0.4) is 0 Å². The zero-order valence-corrected chi connectivity index (χ0v) is 10.3. The smallest absolute Gasteiger partial charge is 0.138 e. The standard InChI is InChI=1S/C12H15NO2.ClH/c1-4-10-11(14-2)7-9(5-6-13)8-12(10)15-3;/h1,7-8H,5-6,13H2,2-3H3;1H. The van der Waals surface area contributed by atoms with Gasteiger partial charge in [0.2, 0.25) is 0 Å². The van der Waals surface area contributed by atoms with Crippen LogP contribution in [-0.4, -0.2) is 20.8 Å². The molecule has 1 rings (SSSR count). The lowest BCUT2D eigenvalue weighted by atomic mass is 10.1. The molecule has 4 heteroatoms. The highest BCUT2D eigenvalue weighted by Gasteiger charge is 2.09. The Labute approximate surface area is 102 Å². The van der Waals surface area contributed by atoms with Gasteiger partial charge in [-0.3, -0.25) is 0 Å². The van der Waals surface area contributed by atoms with Crippen molar-refractivity contribution >= 4 is 12.4 Å². The van der Waals surface area contributed by atoms with Crippen molar-refractivity contribution in [3.63, 3.8) is 0 Å². The van der Waals surface area contributed by atoms with E-state index in [1.54, 1.807) is 14.2 Å². The van der Waals surface area contributed by atoms with Gasteiger partial charge >= 0.3 is 0 Å². The Morgan fingerprint density at radius 3 is 2.06 bits per heavy atom. The lowest BCUT2D eigenvalue weighted by Crippen LogP contribution is -2.04. The summed E-state index contributed by atoms with van der Waals surface area (Å²) in [4.78, 5) is 0. The Bertz CT molecular complexity index is 360. The highest BCUT2D eigenvalue weighted by molar-refractivity contribution is 5.85. The molecule has 2 N–H and O–H groups in total. The average molecular weight is 242 g/mol. The van der Waals surface area contributed by atoms with Gasteiger partial charge in [0, 0.05) is 0 Å². The summed E-state index contributed by atoms with van der Waals surface area (Å²) in [5.74, 6) is 3.86. The second-order valence-corrected chi connectivity index (χ2v) is 3.06. The van der Waals surface area contributed by atoms with E-state index in [2.05, 4.69) is 5.92 Å². The van der Waals surface area contributed by atoms with Gasteiger partial charge in [-0.05, 0) is 30.7 Å². The molecule has 1 aromatic carbocycles. The molecule has 0 aromatic heterocycles. The van der Waals surface area contributed by atoms with Gasteiger partial charge in [0.1, 0.15) is 17.1 Å². The molecule has 16 heavy (non-hydrogen) atoms. The summed E-state index contributed by atoms with van der Waals surface area (Å²) in [5, 5.41) is 0. The van der Waals surface area contributed by atoms with E-state index in [9.17, 15) is 0 Å². The van der Waals surface area contributed by atoms with E-state index in [1.165, 1.54) is 0 Å². The Balaban J connectivity index is 0.00000225. The summed E-state index contributed by atoms with van der Waals surface area (Å²) in [6.45, 7) is 0.585. The van der Waals surface area contributed by atoms with Crippen LogP contribution in [-0.2, 0) is 6.42 Å². The lowest BCUT2D eigenvalue weighted by molar-refractivity contribution is 0.391. The number of hydrogen-bond acceptors (Lipinski definition) is 3. The molecule has 88 valence electrons. The fourth-order valence-electron chi connectivity index (χ4n) is 1.42. The Morgan fingerprint density at radius 1 is 1.25 bits per heavy atom. The molecule has 0 spiro atoms. The third-order valence-corrected chi connectivity index (χ3v) is 2.14. The number of rotatable bonds is 4. The van der Waals surface area contributed by atoms with Gasteiger partial charge in [-0.15, -0.1) is 18.8 Å². The first-order chi connectivity index (χ1) is 7.26. The van der Waals surface area contributed by atoms with Crippen LogP contribution < -0.4 is 15.2 Å². The molecular weight excluding hydrogens is 226 g/mol. The minimum Gasteiger partial charge on any atom is -0.495 e. The molecule has 0 aliphatic carbocycles. The summed E-state index contributed by atoms with van der Waals surface area (Å²) in [6, 6.07) is 3.79. The Kier molecular flexibility index (Phi) is 6.40. The molecule has 0 aliphatic rings. The molecule has 0 aliphatic heterocycles. The van der Waals surface area contributed by atoms with E-state index < -0.39 is 0 Å². The van der Waals surface area contributed by atoms with E-state index >= 15 is 0 Å². The molecular formula is C12H16ClNO2. The van der Waals surface area contributed by atoms with Crippen molar-refractivity contribution in [2.24, 2.45) is 5.73 Å². The second-order valence-electron chi connectivity index (χ2n) is 3.06. The van der Waals surface area contributed by atoms with E-state index in [1.807, 2.05) is 12.1 Å². The number of halogens is 1. The largest absolute Gasteiger partial charge is 0.495 e. The Morgan fingerprint density at radius 2 is 1.75 bits per heavy atom. The van der Waals surface area contributed by atoms with E-state index in [0.717, 1.165) is 12.0 Å². The van der Waals surface area contributed by atoms with Crippen molar-refractivity contribution in [3.8, 4) is 23.8 Å². The molecule has 0 fully saturated rings. The zero-order chi connectivity index (χ0) is 11.3. The number of ether oxygens (including phenoxy) is 2. The molecule has 1 aromatic rings. The molecule has 0 saturated heterocycles. The van der Waals surface area contributed by atoms with Gasteiger partial charge in [0.25, 0.3) is 0 Å². The normalized spacial score (nSPS) is 8.88. The predicted molar refractivity (Wildman–Crippen MR) is 67.5 cm³/mol. The monoisotopic (exact) mass is 241 g/mol. The highest BCUT2D eigenvalue weighted by atomic mass is 35.5. The van der Waals surface area contributed by atoms with Crippen molar-refractivity contribution < 1.29 is 9.47 Å². The second kappa shape index (κ2) is 7.00. The van der Waals surface area contributed by atoms with Crippen LogP contribution in [0.5, 0.6) is 11.5 Å². The van der Waals surface area contributed by atoms with Crippen LogP contribution in [0.4, 0.5) is 0 Å². The maximum Gasteiger partial charge on any atom is 0.138 e. The third kappa shape index (κ3) is 3.06. The van der Waals surface area contributed by atoms with Gasteiger partial charge < -0.3 is 15.2 Å². The SMILES string of the molecule is C#Cc1c(OC)cc(CCN)cc1OC.Cl. The maximum absolute atomic E-state index is 5.49. The number of methoxy groups -OCH3 is 2. The molecule has 0 heterocycles. The van der Waals surface area contributed by atoms with Gasteiger partial charge in [0.05, 0.1) is 14.2 Å². The van der Waals surface area contributed by atoms with Gasteiger partial charge in [-0.2, -0.15) is 0 Å². The van der Waals surface area contributed by atoms with E-state index in [4.69, 9.17) is 21.6 Å². The van der Waals surface area contributed by atoms with Crippen LogP contribution in [0, 0.1) is 12.3 Å². The van der Waals surface area contributed by atoms with Crippen LogP contribution in [0.2, 0.25) is 0 Å². The molecule has 0 radical (unpaired) electrons. The minimum absolute atomic E-state index is 0.